The number of carboxylic acids is 1. The van der Waals surface area contributed by atoms with Gasteiger partial charge in [-0.2, -0.15) is 0 Å². The molecule has 0 amide bonds. The largest absolute Gasteiger partial charge is 0.586 e. The van der Waals surface area contributed by atoms with Gasteiger partial charge in [0.25, 0.3) is 0 Å². The number of methoxy groups -OCH3 is 1. The summed E-state index contributed by atoms with van der Waals surface area (Å²) in [4.78, 5) is 18.0. The Morgan fingerprint density at radius 2 is 1.85 bits per heavy atom. The van der Waals surface area contributed by atoms with Crippen LogP contribution in [0.3, 0.4) is 0 Å². The van der Waals surface area contributed by atoms with Crippen LogP contribution in [0.1, 0.15) is 60.1 Å². The predicted octanol–water partition coefficient (Wildman–Crippen LogP) is 5.38. The molecule has 1 aliphatic carbocycles. The maximum absolute atomic E-state index is 13.8. The number of aliphatic hydroxyl groups excluding tert-OH is 1. The molecule has 3 N–H and O–H groups in total. The van der Waals surface area contributed by atoms with Crippen molar-refractivity contribution < 1.29 is 38.0 Å². The molecule has 4 atom stereocenters. The zero-order valence-corrected chi connectivity index (χ0v) is 22.5. The fourth-order valence-electron chi connectivity index (χ4n) is 5.71. The van der Waals surface area contributed by atoms with E-state index in [-0.39, 0.29) is 24.0 Å². The molecule has 10 heteroatoms. The average molecular weight is 555 g/mol. The van der Waals surface area contributed by atoms with E-state index in [2.05, 4.69) is 14.8 Å². The highest BCUT2D eigenvalue weighted by Gasteiger charge is 2.49. The lowest BCUT2D eigenvalue weighted by molar-refractivity contribution is -0.286. The van der Waals surface area contributed by atoms with Crippen LogP contribution in [0.5, 0.6) is 17.2 Å². The first-order valence-corrected chi connectivity index (χ1v) is 13.3. The maximum atomic E-state index is 13.8. The fraction of sp³-hybridized carbons (Fsp3) is 0.400. The third-order valence-corrected chi connectivity index (χ3v) is 7.50. The van der Waals surface area contributed by atoms with Gasteiger partial charge in [0.1, 0.15) is 11.6 Å². The topological polar surface area (TPSA) is 110 Å². The number of ether oxygens (including phenoxy) is 3. The van der Waals surface area contributed by atoms with E-state index in [0.29, 0.717) is 41.4 Å². The van der Waals surface area contributed by atoms with Gasteiger partial charge >= 0.3 is 12.3 Å². The molecule has 8 nitrogen and oxygen atoms in total. The number of rotatable bonds is 10. The van der Waals surface area contributed by atoms with Gasteiger partial charge in [0, 0.05) is 25.0 Å². The number of halogens is 2. The van der Waals surface area contributed by atoms with E-state index >= 15 is 0 Å². The summed E-state index contributed by atoms with van der Waals surface area (Å²) in [5, 5.41) is 23.7. The highest BCUT2D eigenvalue weighted by molar-refractivity contribution is 5.78. The summed E-state index contributed by atoms with van der Waals surface area (Å²) >= 11 is 0. The Hall–Kier alpha value is -3.92. The molecule has 0 saturated heterocycles. The number of benzene rings is 2. The molecule has 2 aliphatic rings. The quantitative estimate of drug-likeness (QED) is 0.306. The normalized spacial score (nSPS) is 21.1. The lowest BCUT2D eigenvalue weighted by Crippen LogP contribution is -2.26. The van der Waals surface area contributed by atoms with Gasteiger partial charge in [-0.1, -0.05) is 32.0 Å². The number of nitrogens with zero attached hydrogens (tertiary/aromatic N) is 1. The number of alkyl halides is 2. The van der Waals surface area contributed by atoms with Crippen molar-refractivity contribution in [2.75, 3.05) is 25.6 Å². The van der Waals surface area contributed by atoms with Crippen molar-refractivity contribution in [3.8, 4) is 17.2 Å². The molecule has 1 unspecified atom stereocenters. The van der Waals surface area contributed by atoms with Crippen molar-refractivity contribution in [2.24, 2.45) is 11.8 Å². The molecule has 2 aromatic carbocycles. The molecule has 0 radical (unpaired) electrons. The van der Waals surface area contributed by atoms with Crippen molar-refractivity contribution in [3.63, 3.8) is 0 Å². The number of aromatic nitrogens is 1. The van der Waals surface area contributed by atoms with Crippen LogP contribution in [-0.2, 0) is 11.2 Å². The van der Waals surface area contributed by atoms with Crippen LogP contribution < -0.4 is 19.5 Å². The molecule has 2 heterocycles. The summed E-state index contributed by atoms with van der Waals surface area (Å²) in [6.45, 7) is 4.61. The van der Waals surface area contributed by atoms with Crippen molar-refractivity contribution in [2.45, 2.75) is 44.8 Å². The van der Waals surface area contributed by atoms with Crippen LogP contribution in [0.25, 0.3) is 0 Å². The molecule has 40 heavy (non-hydrogen) atoms. The molecule has 0 bridgehead atoms. The lowest BCUT2D eigenvalue weighted by atomic mass is 9.78. The molecule has 1 aliphatic heterocycles. The van der Waals surface area contributed by atoms with Crippen LogP contribution in [0.2, 0.25) is 0 Å². The highest BCUT2D eigenvalue weighted by atomic mass is 19.3. The summed E-state index contributed by atoms with van der Waals surface area (Å²) in [5.74, 6) is -2.48. The number of hydrogen-bond acceptors (Lipinski definition) is 7. The second-order valence-corrected chi connectivity index (χ2v) is 10.3. The average Bonchev–Trinajstić information content (AvgIpc) is 3.43. The van der Waals surface area contributed by atoms with Gasteiger partial charge in [0.15, 0.2) is 11.5 Å². The third kappa shape index (κ3) is 5.15. The van der Waals surface area contributed by atoms with Gasteiger partial charge in [-0.25, -0.2) is 4.98 Å². The summed E-state index contributed by atoms with van der Waals surface area (Å²) in [6, 6.07) is 13.6. The summed E-state index contributed by atoms with van der Waals surface area (Å²) < 4.78 is 42.3. The van der Waals surface area contributed by atoms with Gasteiger partial charge in [-0.15, -0.1) is 8.78 Å². The number of carbonyl (C=O) groups is 1. The number of carboxylic acid groups (broad SMARTS) is 1. The molecule has 5 rings (SSSR count). The fourth-order valence-corrected chi connectivity index (χ4v) is 5.71. The Bertz CT molecular complexity index is 1410. The molecule has 0 saturated carbocycles. The van der Waals surface area contributed by atoms with Crippen LogP contribution in [0.15, 0.2) is 48.5 Å². The molecule has 0 fully saturated rings. The van der Waals surface area contributed by atoms with E-state index in [0.717, 1.165) is 17.5 Å². The number of aliphatic carboxylic acids is 1. The molecular weight excluding hydrogens is 522 g/mol. The standard InChI is InChI=1S/C30H32F2N2O6/c1-4-11-33-24-10-8-21-25(17-5-9-22-23(14-17)40-30(31,32)39-22)27(29(36)37)26(28(21)34-24)20-7-6-19(38-3)13-18(20)12-16(2)15-35/h5-10,13-14,16,25-27,35H,4,11-12,15H2,1-3H3,(H,33,34)(H,36,37)/t16?,25-,26-,27+/m0/s1. The van der Waals surface area contributed by atoms with Crippen molar-refractivity contribution >= 4 is 11.8 Å². The third-order valence-electron chi connectivity index (χ3n) is 7.50. The van der Waals surface area contributed by atoms with E-state index in [9.17, 15) is 23.8 Å². The smallest absolute Gasteiger partial charge is 0.497 e. The second-order valence-electron chi connectivity index (χ2n) is 10.3. The first kappa shape index (κ1) is 27.6. The van der Waals surface area contributed by atoms with E-state index in [1.807, 2.05) is 38.1 Å². The first-order valence-electron chi connectivity index (χ1n) is 13.3. The summed E-state index contributed by atoms with van der Waals surface area (Å²) in [6.07, 6.45) is -2.41. The van der Waals surface area contributed by atoms with E-state index in [1.54, 1.807) is 19.2 Å². The Morgan fingerprint density at radius 3 is 2.55 bits per heavy atom. The molecule has 3 aromatic rings. The van der Waals surface area contributed by atoms with Crippen molar-refractivity contribution in [1.82, 2.24) is 4.98 Å². The van der Waals surface area contributed by atoms with Gasteiger partial charge in [0.2, 0.25) is 0 Å². The SMILES string of the molecule is CCCNc1ccc2c(n1)[C@@H](c1ccc(OC)cc1CC(C)CO)[C@H](C(=O)O)[C@H]2c1ccc2c(c1)OC(F)(F)O2. The lowest BCUT2D eigenvalue weighted by Gasteiger charge is -2.25. The zero-order valence-electron chi connectivity index (χ0n) is 22.5. The number of nitrogens with one attached hydrogen (secondary N) is 1. The minimum Gasteiger partial charge on any atom is -0.497 e. The van der Waals surface area contributed by atoms with Gasteiger partial charge < -0.3 is 29.7 Å². The summed E-state index contributed by atoms with van der Waals surface area (Å²) in [5.41, 5.74) is 3.42. The van der Waals surface area contributed by atoms with Crippen LogP contribution in [0, 0.1) is 11.8 Å². The van der Waals surface area contributed by atoms with Gasteiger partial charge in [-0.05, 0) is 71.3 Å². The minimum atomic E-state index is -3.79. The Kier molecular flexibility index (Phi) is 7.55. The number of pyridine rings is 1. The number of anilines is 1. The molecule has 212 valence electrons. The Balaban J connectivity index is 1.69. The number of aliphatic hydroxyl groups is 1. The van der Waals surface area contributed by atoms with Crippen LogP contribution >= 0.6 is 0 Å². The minimum absolute atomic E-state index is 0.0337. The second kappa shape index (κ2) is 10.9. The van der Waals surface area contributed by atoms with Crippen LogP contribution in [-0.4, -0.2) is 47.7 Å². The van der Waals surface area contributed by atoms with E-state index in [1.165, 1.54) is 12.1 Å². The van der Waals surface area contributed by atoms with Crippen molar-refractivity contribution in [3.05, 3.63) is 76.5 Å². The maximum Gasteiger partial charge on any atom is 0.586 e. The van der Waals surface area contributed by atoms with Gasteiger partial charge in [0.05, 0.1) is 18.7 Å². The Morgan fingerprint density at radius 1 is 1.10 bits per heavy atom. The first-order chi connectivity index (χ1) is 19.2. The molecule has 1 aromatic heterocycles. The molecular formula is C30H32F2N2O6. The Labute approximate surface area is 230 Å². The van der Waals surface area contributed by atoms with Gasteiger partial charge in [-0.3, -0.25) is 4.79 Å². The number of fused-ring (bicyclic) bond motifs is 2. The molecule has 0 spiro atoms. The van der Waals surface area contributed by atoms with Crippen LogP contribution in [0.4, 0.5) is 14.6 Å². The highest BCUT2D eigenvalue weighted by Crippen LogP contribution is 2.54. The van der Waals surface area contributed by atoms with Crippen molar-refractivity contribution in [1.29, 1.82) is 0 Å². The predicted molar refractivity (Wildman–Crippen MR) is 143 cm³/mol. The summed E-state index contributed by atoms with van der Waals surface area (Å²) in [7, 11) is 1.56. The van der Waals surface area contributed by atoms with E-state index in [4.69, 9.17) is 9.72 Å². The zero-order chi connectivity index (χ0) is 28.6. The number of hydrogen-bond donors (Lipinski definition) is 3. The monoisotopic (exact) mass is 554 g/mol. The van der Waals surface area contributed by atoms with E-state index < -0.39 is 30.0 Å².